The zero-order valence-electron chi connectivity index (χ0n) is 16.0. The molecule has 1 aliphatic carbocycles. The van der Waals surface area contributed by atoms with Gasteiger partial charge in [-0.05, 0) is 75.1 Å². The van der Waals surface area contributed by atoms with Gasteiger partial charge in [-0.25, -0.2) is 0 Å². The highest BCUT2D eigenvalue weighted by molar-refractivity contribution is 5.93. The van der Waals surface area contributed by atoms with Crippen LogP contribution in [0.5, 0.6) is 0 Å². The van der Waals surface area contributed by atoms with Crippen LogP contribution in [0.3, 0.4) is 0 Å². The van der Waals surface area contributed by atoms with Crippen LogP contribution in [0, 0.1) is 31.6 Å². The van der Waals surface area contributed by atoms with Crippen LogP contribution in [0.25, 0.3) is 0 Å². The van der Waals surface area contributed by atoms with Crippen molar-refractivity contribution in [2.45, 2.75) is 59.8 Å². The first-order valence-corrected chi connectivity index (χ1v) is 9.52. The fourth-order valence-electron chi connectivity index (χ4n) is 3.54. The van der Waals surface area contributed by atoms with Gasteiger partial charge in [0.25, 0.3) is 0 Å². The SMILES string of the molecule is Cc1cc(C)cc(NC(=O)C2CCC(C(=O)NCCC(C)C)CC2)c1. The second-order valence-corrected chi connectivity index (χ2v) is 7.89. The maximum Gasteiger partial charge on any atom is 0.227 e. The highest BCUT2D eigenvalue weighted by atomic mass is 16.2. The third-order valence-electron chi connectivity index (χ3n) is 4.98. The molecule has 138 valence electrons. The topological polar surface area (TPSA) is 58.2 Å². The minimum Gasteiger partial charge on any atom is -0.356 e. The van der Waals surface area contributed by atoms with Crippen molar-refractivity contribution < 1.29 is 9.59 Å². The van der Waals surface area contributed by atoms with Gasteiger partial charge < -0.3 is 10.6 Å². The molecule has 0 aromatic heterocycles. The lowest BCUT2D eigenvalue weighted by Crippen LogP contribution is -2.36. The van der Waals surface area contributed by atoms with Crippen LogP contribution < -0.4 is 10.6 Å². The smallest absolute Gasteiger partial charge is 0.227 e. The summed E-state index contributed by atoms with van der Waals surface area (Å²) in [5.41, 5.74) is 3.17. The van der Waals surface area contributed by atoms with Crippen molar-refractivity contribution in [1.82, 2.24) is 5.32 Å². The zero-order valence-corrected chi connectivity index (χ0v) is 16.0. The Morgan fingerprint density at radius 1 is 0.960 bits per heavy atom. The van der Waals surface area contributed by atoms with Crippen LogP contribution in [0.15, 0.2) is 18.2 Å². The quantitative estimate of drug-likeness (QED) is 0.812. The number of benzene rings is 1. The summed E-state index contributed by atoms with van der Waals surface area (Å²) in [6.45, 7) is 9.14. The third kappa shape index (κ3) is 6.18. The number of carbonyl (C=O) groups excluding carboxylic acids is 2. The minimum atomic E-state index is 0.0144. The number of hydrogen-bond donors (Lipinski definition) is 2. The molecule has 25 heavy (non-hydrogen) atoms. The second-order valence-electron chi connectivity index (χ2n) is 7.89. The average molecular weight is 344 g/mol. The van der Waals surface area contributed by atoms with Gasteiger partial charge in [0.2, 0.25) is 11.8 Å². The maximum atomic E-state index is 12.5. The molecule has 0 unspecified atom stereocenters. The molecule has 0 spiro atoms. The predicted octanol–water partition coefficient (Wildman–Crippen LogP) is 4.21. The molecule has 0 atom stereocenters. The first-order valence-electron chi connectivity index (χ1n) is 9.52. The fraction of sp³-hybridized carbons (Fsp3) is 0.619. The molecule has 2 rings (SSSR count). The van der Waals surface area contributed by atoms with Crippen molar-refractivity contribution in [3.8, 4) is 0 Å². The normalized spacial score (nSPS) is 20.4. The monoisotopic (exact) mass is 344 g/mol. The van der Waals surface area contributed by atoms with Gasteiger partial charge in [-0.2, -0.15) is 0 Å². The Labute approximate surface area is 151 Å². The van der Waals surface area contributed by atoms with Crippen molar-refractivity contribution in [3.05, 3.63) is 29.3 Å². The molecule has 0 aliphatic heterocycles. The molecule has 2 N–H and O–H groups in total. The van der Waals surface area contributed by atoms with Gasteiger partial charge in [0.1, 0.15) is 0 Å². The summed E-state index contributed by atoms with van der Waals surface area (Å²) < 4.78 is 0. The lowest BCUT2D eigenvalue weighted by molar-refractivity contribution is -0.128. The Balaban J connectivity index is 1.79. The predicted molar refractivity (Wildman–Crippen MR) is 102 cm³/mol. The van der Waals surface area contributed by atoms with Crippen molar-refractivity contribution in [2.24, 2.45) is 17.8 Å². The first kappa shape index (κ1) is 19.5. The van der Waals surface area contributed by atoms with Crippen molar-refractivity contribution >= 4 is 17.5 Å². The molecule has 2 amide bonds. The third-order valence-corrected chi connectivity index (χ3v) is 4.98. The van der Waals surface area contributed by atoms with E-state index in [9.17, 15) is 9.59 Å². The van der Waals surface area contributed by atoms with Crippen LogP contribution in [0.4, 0.5) is 5.69 Å². The summed E-state index contributed by atoms with van der Waals surface area (Å²) >= 11 is 0. The largest absolute Gasteiger partial charge is 0.356 e. The molecular formula is C21H32N2O2. The summed E-state index contributed by atoms with van der Waals surface area (Å²) in [5.74, 6) is 0.931. The Hall–Kier alpha value is -1.84. The van der Waals surface area contributed by atoms with E-state index in [1.165, 1.54) is 0 Å². The van der Waals surface area contributed by atoms with E-state index in [-0.39, 0.29) is 23.7 Å². The average Bonchev–Trinajstić information content (AvgIpc) is 2.53. The molecule has 1 aromatic rings. The molecule has 1 aliphatic rings. The molecule has 0 bridgehead atoms. The van der Waals surface area contributed by atoms with Gasteiger partial charge in [-0.1, -0.05) is 19.9 Å². The van der Waals surface area contributed by atoms with E-state index in [1.807, 2.05) is 26.0 Å². The van der Waals surface area contributed by atoms with Crippen LogP contribution in [-0.2, 0) is 9.59 Å². The van der Waals surface area contributed by atoms with E-state index in [0.717, 1.165) is 55.5 Å². The Kier molecular flexibility index (Phi) is 7.03. The lowest BCUT2D eigenvalue weighted by atomic mass is 9.81. The van der Waals surface area contributed by atoms with E-state index in [4.69, 9.17) is 0 Å². The molecule has 0 radical (unpaired) electrons. The summed E-state index contributed by atoms with van der Waals surface area (Å²) in [7, 11) is 0. The summed E-state index contributed by atoms with van der Waals surface area (Å²) in [4.78, 5) is 24.7. The van der Waals surface area contributed by atoms with Gasteiger partial charge in [-0.3, -0.25) is 9.59 Å². The lowest BCUT2D eigenvalue weighted by Gasteiger charge is -2.27. The van der Waals surface area contributed by atoms with Crippen molar-refractivity contribution in [1.29, 1.82) is 0 Å². The Morgan fingerprint density at radius 3 is 2.00 bits per heavy atom. The molecule has 1 fully saturated rings. The van der Waals surface area contributed by atoms with E-state index in [0.29, 0.717) is 5.92 Å². The van der Waals surface area contributed by atoms with Crippen LogP contribution in [0.1, 0.15) is 57.1 Å². The molecule has 4 heteroatoms. The number of carbonyl (C=O) groups is 2. The number of rotatable bonds is 6. The fourth-order valence-corrected chi connectivity index (χ4v) is 3.54. The summed E-state index contributed by atoms with van der Waals surface area (Å²) in [5, 5.41) is 6.09. The minimum absolute atomic E-state index is 0.0144. The van der Waals surface area contributed by atoms with Gasteiger partial charge in [0, 0.05) is 24.1 Å². The van der Waals surface area contributed by atoms with Crippen LogP contribution >= 0.6 is 0 Å². The maximum absolute atomic E-state index is 12.5. The molecule has 0 heterocycles. The Morgan fingerprint density at radius 2 is 1.48 bits per heavy atom. The number of hydrogen-bond acceptors (Lipinski definition) is 2. The molecule has 4 nitrogen and oxygen atoms in total. The van der Waals surface area contributed by atoms with E-state index in [1.54, 1.807) is 0 Å². The van der Waals surface area contributed by atoms with Crippen molar-refractivity contribution in [3.63, 3.8) is 0 Å². The summed E-state index contributed by atoms with van der Waals surface area (Å²) in [6.07, 6.45) is 4.20. The van der Waals surface area contributed by atoms with Gasteiger partial charge in [0.05, 0.1) is 0 Å². The van der Waals surface area contributed by atoms with E-state index >= 15 is 0 Å². The van der Waals surface area contributed by atoms with Crippen molar-refractivity contribution in [2.75, 3.05) is 11.9 Å². The number of aryl methyl sites for hydroxylation is 2. The Bertz CT molecular complexity index is 582. The highest BCUT2D eigenvalue weighted by Gasteiger charge is 2.29. The zero-order chi connectivity index (χ0) is 18.4. The van der Waals surface area contributed by atoms with E-state index in [2.05, 4.69) is 30.5 Å². The van der Waals surface area contributed by atoms with Gasteiger partial charge in [-0.15, -0.1) is 0 Å². The number of nitrogens with one attached hydrogen (secondary N) is 2. The molecular weight excluding hydrogens is 312 g/mol. The summed E-state index contributed by atoms with van der Waals surface area (Å²) in [6, 6.07) is 6.09. The molecule has 1 saturated carbocycles. The van der Waals surface area contributed by atoms with Crippen LogP contribution in [0.2, 0.25) is 0 Å². The molecule has 1 aromatic carbocycles. The van der Waals surface area contributed by atoms with Gasteiger partial charge >= 0.3 is 0 Å². The second kappa shape index (κ2) is 9.02. The first-order chi connectivity index (χ1) is 11.8. The van der Waals surface area contributed by atoms with Gasteiger partial charge in [0.15, 0.2) is 0 Å². The number of amides is 2. The van der Waals surface area contributed by atoms with E-state index < -0.39 is 0 Å². The number of anilines is 1. The highest BCUT2D eigenvalue weighted by Crippen LogP contribution is 2.30. The van der Waals surface area contributed by atoms with Crippen LogP contribution in [-0.4, -0.2) is 18.4 Å². The standard InChI is InChI=1S/C21H32N2O2/c1-14(2)9-10-22-20(24)17-5-7-18(8-6-17)21(25)23-19-12-15(3)11-16(4)13-19/h11-14,17-18H,5-10H2,1-4H3,(H,22,24)(H,23,25). The molecule has 0 saturated heterocycles.